The molecule has 0 aliphatic heterocycles. The number of nitrogens with one attached hydrogen (secondary N) is 1. The van der Waals surface area contributed by atoms with Crippen molar-refractivity contribution in [3.63, 3.8) is 0 Å². The zero-order chi connectivity index (χ0) is 22.8. The van der Waals surface area contributed by atoms with Crippen LogP contribution in [0.1, 0.15) is 17.0 Å². The molecule has 0 unspecified atom stereocenters. The van der Waals surface area contributed by atoms with E-state index in [2.05, 4.69) is 42.3 Å². The molecule has 9 heteroatoms. The van der Waals surface area contributed by atoms with Crippen LogP contribution in [0.15, 0.2) is 64.7 Å². The van der Waals surface area contributed by atoms with Gasteiger partial charge >= 0.3 is 5.97 Å². The summed E-state index contributed by atoms with van der Waals surface area (Å²) in [4.78, 5) is 16.5. The lowest BCUT2D eigenvalue weighted by Crippen LogP contribution is -2.00. The number of hydrogen-bond acceptors (Lipinski definition) is 4. The van der Waals surface area contributed by atoms with Gasteiger partial charge in [0.25, 0.3) is 0 Å². The summed E-state index contributed by atoms with van der Waals surface area (Å²) in [6.07, 6.45) is 1.66. The van der Waals surface area contributed by atoms with Crippen LogP contribution in [0.3, 0.4) is 0 Å². The molecule has 6 nitrogen and oxygen atoms in total. The van der Waals surface area contributed by atoms with Gasteiger partial charge in [0.2, 0.25) is 5.16 Å². The Morgan fingerprint density at radius 2 is 1.84 bits per heavy atom. The highest BCUT2D eigenvalue weighted by Gasteiger charge is 2.17. The van der Waals surface area contributed by atoms with Crippen LogP contribution in [0.5, 0.6) is 0 Å². The van der Waals surface area contributed by atoms with Crippen LogP contribution < -0.4 is 0 Å². The molecular weight excluding hydrogens is 559 g/mol. The largest absolute Gasteiger partial charge is 0.477 e. The number of carbonyl (C=O) groups is 1. The van der Waals surface area contributed by atoms with Crippen molar-refractivity contribution in [2.45, 2.75) is 19.0 Å². The van der Waals surface area contributed by atoms with Crippen LogP contribution >= 0.6 is 46.0 Å². The fourth-order valence-electron chi connectivity index (χ4n) is 3.32. The molecule has 2 aromatic heterocycles. The number of aromatic nitrogens is 4. The number of carboxylic acid groups (broad SMARTS) is 1. The number of hydrogen-bond donors (Lipinski definition) is 2. The molecule has 4 rings (SSSR count). The first-order chi connectivity index (χ1) is 15.3. The summed E-state index contributed by atoms with van der Waals surface area (Å²) >= 11 is 9.21. The van der Waals surface area contributed by atoms with E-state index in [1.165, 1.54) is 0 Å². The topological polar surface area (TPSA) is 83.8 Å². The Balaban J connectivity index is 1.63. The third-order valence-electron chi connectivity index (χ3n) is 4.84. The maximum atomic E-state index is 12.0. The third kappa shape index (κ3) is 4.92. The lowest BCUT2D eigenvalue weighted by molar-refractivity contribution is -0.131. The van der Waals surface area contributed by atoms with E-state index in [0.29, 0.717) is 16.0 Å². The van der Waals surface area contributed by atoms with E-state index in [9.17, 15) is 9.90 Å². The second kappa shape index (κ2) is 9.51. The highest BCUT2D eigenvalue weighted by molar-refractivity contribution is 14.1. The van der Waals surface area contributed by atoms with Gasteiger partial charge in [-0.1, -0.05) is 11.6 Å². The second-order valence-corrected chi connectivity index (χ2v) is 9.72. The Hall–Kier alpha value is -2.56. The number of halogens is 2. The Labute approximate surface area is 207 Å². The lowest BCUT2D eigenvalue weighted by atomic mass is 10.2. The molecular formula is C23H18ClIN4O2S. The first-order valence-corrected chi connectivity index (χ1v) is 11.8. The highest BCUT2D eigenvalue weighted by Crippen LogP contribution is 2.30. The normalized spacial score (nSPS) is 11.7. The molecule has 162 valence electrons. The third-order valence-corrected chi connectivity index (χ3v) is 6.68. The molecule has 0 fully saturated rings. The molecule has 0 saturated carbocycles. The maximum Gasteiger partial charge on any atom is 0.342 e. The predicted molar refractivity (Wildman–Crippen MR) is 136 cm³/mol. The van der Waals surface area contributed by atoms with Gasteiger partial charge < -0.3 is 9.67 Å². The van der Waals surface area contributed by atoms with E-state index in [1.807, 2.05) is 56.3 Å². The van der Waals surface area contributed by atoms with Crippen LogP contribution in [0.25, 0.3) is 23.2 Å². The van der Waals surface area contributed by atoms with Gasteiger partial charge in [-0.3, -0.25) is 5.10 Å². The number of H-pyrrole nitrogens is 1. The smallest absolute Gasteiger partial charge is 0.342 e. The van der Waals surface area contributed by atoms with E-state index >= 15 is 0 Å². The summed E-state index contributed by atoms with van der Waals surface area (Å²) in [5, 5.41) is 17.8. The first-order valence-electron chi connectivity index (χ1n) is 9.58. The number of thioether (sulfide) groups is 1. The van der Waals surface area contributed by atoms with Crippen LogP contribution in [-0.2, 0) is 4.79 Å². The van der Waals surface area contributed by atoms with Crippen molar-refractivity contribution < 1.29 is 9.90 Å². The molecule has 0 aliphatic rings. The molecule has 0 radical (unpaired) electrons. The summed E-state index contributed by atoms with van der Waals surface area (Å²) in [7, 11) is 0. The Bertz CT molecular complexity index is 1310. The van der Waals surface area contributed by atoms with Crippen molar-refractivity contribution in [3.8, 4) is 17.1 Å². The highest BCUT2D eigenvalue weighted by atomic mass is 127. The number of aryl methyl sites for hydroxylation is 1. The standard InChI is InChI=1S/C23H18ClIN4O2S/c1-13-11-16(14(2)29(13)19-9-7-18(25)8-10-19)12-20(22(30)31)32-23-26-21(27-28-23)15-3-5-17(24)6-4-15/h3-12H,1-2H3,(H,30,31)(H,26,27,28)/b20-12-. The number of benzene rings is 2. The molecule has 0 atom stereocenters. The van der Waals surface area contributed by atoms with Gasteiger partial charge in [0, 0.05) is 31.2 Å². The quantitative estimate of drug-likeness (QED) is 0.159. The van der Waals surface area contributed by atoms with Crippen molar-refractivity contribution in [1.29, 1.82) is 0 Å². The Morgan fingerprint density at radius 3 is 2.50 bits per heavy atom. The van der Waals surface area contributed by atoms with Crippen molar-refractivity contribution in [2.24, 2.45) is 0 Å². The number of carboxylic acids is 1. The molecule has 4 aromatic rings. The molecule has 0 amide bonds. The summed E-state index contributed by atoms with van der Waals surface area (Å²) in [5.74, 6) is -0.488. The van der Waals surface area contributed by atoms with Crippen LogP contribution in [0, 0.1) is 17.4 Å². The molecule has 2 aromatic carbocycles. The summed E-state index contributed by atoms with van der Waals surface area (Å²) < 4.78 is 3.26. The van der Waals surface area contributed by atoms with Gasteiger partial charge in [0.1, 0.15) is 4.91 Å². The minimum Gasteiger partial charge on any atom is -0.477 e. The fourth-order valence-corrected chi connectivity index (χ4v) is 4.51. The Kier molecular flexibility index (Phi) is 6.73. The van der Waals surface area contributed by atoms with E-state index < -0.39 is 5.97 Å². The van der Waals surface area contributed by atoms with Gasteiger partial charge in [-0.05, 0) is 114 Å². The Morgan fingerprint density at radius 1 is 1.16 bits per heavy atom. The molecule has 2 N–H and O–H groups in total. The van der Waals surface area contributed by atoms with Crippen molar-refractivity contribution in [3.05, 3.63) is 85.0 Å². The van der Waals surface area contributed by atoms with Crippen LogP contribution in [-0.4, -0.2) is 30.8 Å². The molecule has 0 spiro atoms. The number of rotatable bonds is 6. The summed E-state index contributed by atoms with van der Waals surface area (Å²) in [6.45, 7) is 3.98. The summed E-state index contributed by atoms with van der Waals surface area (Å²) in [6, 6.07) is 17.3. The molecule has 0 saturated heterocycles. The fraction of sp³-hybridized carbons (Fsp3) is 0.0870. The van der Waals surface area contributed by atoms with Crippen LogP contribution in [0.2, 0.25) is 5.02 Å². The van der Waals surface area contributed by atoms with Crippen molar-refractivity contribution in [2.75, 3.05) is 0 Å². The van der Waals surface area contributed by atoms with E-state index in [0.717, 1.165) is 43.5 Å². The number of aliphatic carboxylic acids is 1. The average Bonchev–Trinajstić information content (AvgIpc) is 3.33. The zero-order valence-electron chi connectivity index (χ0n) is 17.1. The predicted octanol–water partition coefficient (Wildman–Crippen LogP) is 6.36. The van der Waals surface area contributed by atoms with Crippen LogP contribution in [0.4, 0.5) is 0 Å². The van der Waals surface area contributed by atoms with Gasteiger partial charge in [0.05, 0.1) is 0 Å². The lowest BCUT2D eigenvalue weighted by Gasteiger charge is -2.09. The van der Waals surface area contributed by atoms with Crippen molar-refractivity contribution in [1.82, 2.24) is 19.7 Å². The van der Waals surface area contributed by atoms with E-state index in [1.54, 1.807) is 18.2 Å². The van der Waals surface area contributed by atoms with Gasteiger partial charge in [-0.15, -0.1) is 5.10 Å². The molecule has 0 bridgehead atoms. The minimum atomic E-state index is -1.04. The molecule has 2 heterocycles. The van der Waals surface area contributed by atoms with E-state index in [4.69, 9.17) is 11.6 Å². The number of aromatic amines is 1. The van der Waals surface area contributed by atoms with E-state index in [-0.39, 0.29) is 4.91 Å². The molecule has 32 heavy (non-hydrogen) atoms. The first kappa shape index (κ1) is 22.6. The second-order valence-electron chi connectivity index (χ2n) is 7.03. The SMILES string of the molecule is Cc1cc(/C=C(\Sc2n[nH]c(-c3ccc(Cl)cc3)n2)C(=O)O)c(C)n1-c1ccc(I)cc1. The maximum absolute atomic E-state index is 12.0. The minimum absolute atomic E-state index is 0.134. The average molecular weight is 577 g/mol. The zero-order valence-corrected chi connectivity index (χ0v) is 20.9. The van der Waals surface area contributed by atoms with Crippen molar-refractivity contribution >= 4 is 58.0 Å². The van der Waals surface area contributed by atoms with Gasteiger partial charge in [-0.2, -0.15) is 0 Å². The monoisotopic (exact) mass is 576 g/mol. The van der Waals surface area contributed by atoms with Gasteiger partial charge in [0.15, 0.2) is 5.82 Å². The van der Waals surface area contributed by atoms with Gasteiger partial charge in [-0.25, -0.2) is 9.78 Å². The molecule has 0 aliphatic carbocycles. The summed E-state index contributed by atoms with van der Waals surface area (Å²) in [5.41, 5.74) is 4.66. The number of nitrogens with zero attached hydrogens (tertiary/aromatic N) is 3.